The molecule has 1 fully saturated rings. The van der Waals surface area contributed by atoms with E-state index in [9.17, 15) is 0 Å². The second-order valence-electron chi connectivity index (χ2n) is 3.45. The van der Waals surface area contributed by atoms with Crippen molar-refractivity contribution in [3.05, 3.63) is 39.4 Å². The van der Waals surface area contributed by atoms with Gasteiger partial charge in [0.2, 0.25) is 0 Å². The van der Waals surface area contributed by atoms with Gasteiger partial charge < -0.3 is 5.11 Å². The van der Waals surface area contributed by atoms with Gasteiger partial charge in [0, 0.05) is 12.5 Å². The molecule has 1 atom stereocenters. The molecule has 2 rings (SSSR count). The zero-order chi connectivity index (χ0) is 10.1. The maximum atomic E-state index is 8.88. The van der Waals surface area contributed by atoms with Crippen LogP contribution in [0.3, 0.4) is 0 Å². The molecule has 0 spiro atoms. The third-order valence-corrected chi connectivity index (χ3v) is 3.22. The number of benzene rings is 1. The second kappa shape index (κ2) is 3.93. The lowest BCUT2D eigenvalue weighted by Crippen LogP contribution is -1.82. The van der Waals surface area contributed by atoms with Crippen molar-refractivity contribution in [1.29, 1.82) is 0 Å². The van der Waals surface area contributed by atoms with Crippen molar-refractivity contribution in [2.24, 2.45) is 5.92 Å². The first kappa shape index (κ1) is 10.0. The Morgan fingerprint density at radius 3 is 2.86 bits per heavy atom. The zero-order valence-electron chi connectivity index (χ0n) is 7.50. The van der Waals surface area contributed by atoms with Gasteiger partial charge in [0.15, 0.2) is 0 Å². The highest BCUT2D eigenvalue weighted by Gasteiger charge is 2.28. The molecule has 0 bridgehead atoms. The number of aliphatic hydroxyl groups excluding tert-OH is 1. The summed E-state index contributed by atoms with van der Waals surface area (Å²) >= 11 is 11.9. The molecule has 1 saturated carbocycles. The van der Waals surface area contributed by atoms with Gasteiger partial charge in [-0.3, -0.25) is 0 Å². The highest BCUT2D eigenvalue weighted by Crippen LogP contribution is 2.40. The monoisotopic (exact) mass is 228 g/mol. The quantitative estimate of drug-likeness (QED) is 0.824. The van der Waals surface area contributed by atoms with Gasteiger partial charge in [-0.2, -0.15) is 0 Å². The summed E-state index contributed by atoms with van der Waals surface area (Å²) in [5.74, 6) is 0.338. The Bertz CT molecular complexity index is 385. The number of rotatable bonds is 2. The Labute approximate surface area is 93.0 Å². The van der Waals surface area contributed by atoms with Crippen molar-refractivity contribution in [2.45, 2.75) is 6.42 Å². The average Bonchev–Trinajstić information content (AvgIpc) is 2.92. The van der Waals surface area contributed by atoms with Crippen LogP contribution in [-0.2, 0) is 0 Å². The van der Waals surface area contributed by atoms with Gasteiger partial charge in [-0.1, -0.05) is 47.0 Å². The Hall–Kier alpha value is -0.500. The summed E-state index contributed by atoms with van der Waals surface area (Å²) in [5.41, 5.74) is 2.18. The molecular weight excluding hydrogens is 219 g/mol. The summed E-state index contributed by atoms with van der Waals surface area (Å²) in [7, 11) is 0. The summed E-state index contributed by atoms with van der Waals surface area (Å²) in [6, 6.07) is 5.56. The molecule has 1 aliphatic carbocycles. The molecule has 1 unspecified atom stereocenters. The van der Waals surface area contributed by atoms with Gasteiger partial charge in [0.05, 0.1) is 10.0 Å². The minimum absolute atomic E-state index is 0.226. The Morgan fingerprint density at radius 1 is 1.43 bits per heavy atom. The van der Waals surface area contributed by atoms with Gasteiger partial charge in [0.1, 0.15) is 0 Å². The molecule has 0 amide bonds. The number of aliphatic hydroxyl groups is 1. The fraction of sp³-hybridized carbons (Fsp3) is 0.273. The number of hydrogen-bond donors (Lipinski definition) is 1. The van der Waals surface area contributed by atoms with Crippen LogP contribution in [0.25, 0.3) is 6.08 Å². The van der Waals surface area contributed by atoms with E-state index in [0.29, 0.717) is 16.0 Å². The van der Waals surface area contributed by atoms with E-state index >= 15 is 0 Å². The maximum absolute atomic E-state index is 8.88. The molecule has 14 heavy (non-hydrogen) atoms. The van der Waals surface area contributed by atoms with Crippen molar-refractivity contribution >= 4 is 29.3 Å². The molecule has 1 aromatic carbocycles. The van der Waals surface area contributed by atoms with E-state index in [1.165, 1.54) is 5.57 Å². The third kappa shape index (κ3) is 1.95. The van der Waals surface area contributed by atoms with Gasteiger partial charge in [-0.05, 0) is 18.1 Å². The van der Waals surface area contributed by atoms with Crippen LogP contribution in [0.1, 0.15) is 12.0 Å². The summed E-state index contributed by atoms with van der Waals surface area (Å²) in [4.78, 5) is 0. The Kier molecular flexibility index (Phi) is 2.82. The molecule has 0 heterocycles. The smallest absolute Gasteiger partial charge is 0.0664 e. The van der Waals surface area contributed by atoms with Crippen LogP contribution in [-0.4, -0.2) is 11.7 Å². The molecule has 1 nitrogen and oxygen atoms in total. The third-order valence-electron chi connectivity index (χ3n) is 2.39. The van der Waals surface area contributed by atoms with Crippen LogP contribution in [0.15, 0.2) is 23.8 Å². The van der Waals surface area contributed by atoms with E-state index in [1.807, 2.05) is 18.2 Å². The first-order valence-corrected chi connectivity index (χ1v) is 5.23. The van der Waals surface area contributed by atoms with Gasteiger partial charge >= 0.3 is 0 Å². The lowest BCUT2D eigenvalue weighted by Gasteiger charge is -1.99. The summed E-state index contributed by atoms with van der Waals surface area (Å²) in [5, 5.41) is 10.0. The summed E-state index contributed by atoms with van der Waals surface area (Å²) < 4.78 is 0. The molecule has 0 aromatic heterocycles. The van der Waals surface area contributed by atoms with Crippen molar-refractivity contribution in [3.8, 4) is 0 Å². The zero-order valence-corrected chi connectivity index (χ0v) is 9.02. The van der Waals surface area contributed by atoms with E-state index in [2.05, 4.69) is 0 Å². The molecule has 0 aliphatic heterocycles. The summed E-state index contributed by atoms with van der Waals surface area (Å²) in [6.45, 7) is 0.226. The predicted molar refractivity (Wildman–Crippen MR) is 59.6 cm³/mol. The van der Waals surface area contributed by atoms with Gasteiger partial charge in [-0.15, -0.1) is 0 Å². The van der Waals surface area contributed by atoms with Crippen molar-refractivity contribution < 1.29 is 5.11 Å². The molecule has 1 aromatic rings. The van der Waals surface area contributed by atoms with Crippen LogP contribution < -0.4 is 0 Å². The lowest BCUT2D eigenvalue weighted by molar-refractivity contribution is 0.281. The van der Waals surface area contributed by atoms with Crippen molar-refractivity contribution in [1.82, 2.24) is 0 Å². The normalized spacial score (nSPS) is 22.8. The Morgan fingerprint density at radius 2 is 2.21 bits per heavy atom. The number of hydrogen-bond acceptors (Lipinski definition) is 1. The Balaban J connectivity index is 2.26. The average molecular weight is 229 g/mol. The standard InChI is InChI=1S/C11H10Cl2O/c12-10-3-1-2-7(11(10)13)4-8-5-9(8)6-14/h1-4,9,14H,5-6H2. The van der Waals surface area contributed by atoms with E-state index in [-0.39, 0.29) is 6.61 Å². The molecule has 0 radical (unpaired) electrons. The van der Waals surface area contributed by atoms with Crippen LogP contribution in [0.5, 0.6) is 0 Å². The fourth-order valence-corrected chi connectivity index (χ4v) is 1.78. The van der Waals surface area contributed by atoms with Gasteiger partial charge in [-0.25, -0.2) is 0 Å². The first-order valence-electron chi connectivity index (χ1n) is 4.47. The van der Waals surface area contributed by atoms with Crippen molar-refractivity contribution in [3.63, 3.8) is 0 Å². The van der Waals surface area contributed by atoms with E-state index in [1.54, 1.807) is 6.07 Å². The fourth-order valence-electron chi connectivity index (χ4n) is 1.42. The number of halogens is 2. The molecule has 3 heteroatoms. The highest BCUT2D eigenvalue weighted by atomic mass is 35.5. The van der Waals surface area contributed by atoms with Crippen molar-refractivity contribution in [2.75, 3.05) is 6.61 Å². The minimum Gasteiger partial charge on any atom is -0.396 e. The highest BCUT2D eigenvalue weighted by molar-refractivity contribution is 6.42. The SMILES string of the molecule is OCC1CC1=Cc1cccc(Cl)c1Cl. The minimum atomic E-state index is 0.226. The molecule has 1 aliphatic rings. The van der Waals surface area contributed by atoms with E-state index in [0.717, 1.165) is 12.0 Å². The second-order valence-corrected chi connectivity index (χ2v) is 4.23. The summed E-state index contributed by atoms with van der Waals surface area (Å²) in [6.07, 6.45) is 2.98. The topological polar surface area (TPSA) is 20.2 Å². The maximum Gasteiger partial charge on any atom is 0.0664 e. The van der Waals surface area contributed by atoms with Crippen LogP contribution in [0, 0.1) is 5.92 Å². The lowest BCUT2D eigenvalue weighted by atomic mass is 10.2. The molecule has 1 N–H and O–H groups in total. The van der Waals surface area contributed by atoms with Crippen LogP contribution in [0.4, 0.5) is 0 Å². The van der Waals surface area contributed by atoms with Crippen LogP contribution in [0.2, 0.25) is 10.0 Å². The molecule has 0 saturated heterocycles. The molecular formula is C11H10Cl2O. The largest absolute Gasteiger partial charge is 0.396 e. The van der Waals surface area contributed by atoms with Crippen LogP contribution >= 0.6 is 23.2 Å². The first-order chi connectivity index (χ1) is 6.72. The predicted octanol–water partition coefficient (Wildman–Crippen LogP) is 3.39. The van der Waals surface area contributed by atoms with E-state index in [4.69, 9.17) is 28.3 Å². The van der Waals surface area contributed by atoms with Gasteiger partial charge in [0.25, 0.3) is 0 Å². The van der Waals surface area contributed by atoms with E-state index < -0.39 is 0 Å². The molecule has 74 valence electrons.